The number of benzene rings is 1. The summed E-state index contributed by atoms with van der Waals surface area (Å²) in [5, 5.41) is 1.11. The van der Waals surface area contributed by atoms with Crippen molar-refractivity contribution in [2.24, 2.45) is 11.8 Å². The van der Waals surface area contributed by atoms with E-state index in [1.165, 1.54) is 6.42 Å². The van der Waals surface area contributed by atoms with Crippen LogP contribution in [0.2, 0.25) is 0 Å². The van der Waals surface area contributed by atoms with Gasteiger partial charge in [0.25, 0.3) is 5.91 Å². The molecular formula is C14H14N2O. The summed E-state index contributed by atoms with van der Waals surface area (Å²) in [5.41, 5.74) is 1.77. The lowest BCUT2D eigenvalue weighted by Crippen LogP contribution is -2.30. The highest BCUT2D eigenvalue weighted by atomic mass is 16.2. The number of para-hydroxylation sites is 1. The van der Waals surface area contributed by atoms with Crippen molar-refractivity contribution in [3.63, 3.8) is 0 Å². The lowest BCUT2D eigenvalue weighted by molar-refractivity contribution is 0.0770. The molecule has 2 aliphatic rings. The summed E-state index contributed by atoms with van der Waals surface area (Å²) >= 11 is 0. The Balaban J connectivity index is 1.66. The topological polar surface area (TPSA) is 36.1 Å². The van der Waals surface area contributed by atoms with E-state index in [2.05, 4.69) is 4.98 Å². The number of fused-ring (bicyclic) bond motifs is 2. The number of carbonyl (C=O) groups is 1. The standard InChI is InChI=1S/C14H14N2O/c17-14(16-7-10-5-11(10)8-16)13-6-9-3-1-2-4-12(9)15-13/h1-4,6,10-11,15H,5,7-8H2. The van der Waals surface area contributed by atoms with E-state index in [4.69, 9.17) is 0 Å². The SMILES string of the molecule is O=C(c1cc2ccccc2[nH]1)N1CC2CC2C1. The molecule has 1 aliphatic carbocycles. The molecule has 2 unspecified atom stereocenters. The van der Waals surface area contributed by atoms with Gasteiger partial charge < -0.3 is 9.88 Å². The van der Waals surface area contributed by atoms with Crippen LogP contribution >= 0.6 is 0 Å². The number of likely N-dealkylation sites (tertiary alicyclic amines) is 1. The highest BCUT2D eigenvalue weighted by Gasteiger charge is 2.46. The van der Waals surface area contributed by atoms with Gasteiger partial charge >= 0.3 is 0 Å². The number of nitrogens with zero attached hydrogens (tertiary/aromatic N) is 1. The molecular weight excluding hydrogens is 212 g/mol. The molecule has 86 valence electrons. The minimum absolute atomic E-state index is 0.161. The third-order valence-electron chi connectivity index (χ3n) is 4.03. The second-order valence-electron chi connectivity index (χ2n) is 5.24. The van der Waals surface area contributed by atoms with E-state index in [-0.39, 0.29) is 5.91 Å². The molecule has 1 aromatic carbocycles. The van der Waals surface area contributed by atoms with Gasteiger partial charge in [-0.3, -0.25) is 4.79 Å². The van der Waals surface area contributed by atoms with Gasteiger partial charge in [0, 0.05) is 24.0 Å². The summed E-state index contributed by atoms with van der Waals surface area (Å²) in [6, 6.07) is 9.98. The normalized spacial score (nSPS) is 26.2. The van der Waals surface area contributed by atoms with E-state index in [1.54, 1.807) is 0 Å². The Morgan fingerprint density at radius 2 is 2.00 bits per heavy atom. The zero-order valence-electron chi connectivity index (χ0n) is 9.52. The molecule has 17 heavy (non-hydrogen) atoms. The number of amides is 1. The Morgan fingerprint density at radius 3 is 2.76 bits per heavy atom. The van der Waals surface area contributed by atoms with Gasteiger partial charge in [0.15, 0.2) is 0 Å². The van der Waals surface area contributed by atoms with E-state index in [9.17, 15) is 4.79 Å². The van der Waals surface area contributed by atoms with Crippen LogP contribution in [0, 0.1) is 11.8 Å². The smallest absolute Gasteiger partial charge is 0.270 e. The zero-order chi connectivity index (χ0) is 11.4. The highest BCUT2D eigenvalue weighted by molar-refractivity contribution is 5.98. The van der Waals surface area contributed by atoms with Crippen LogP contribution in [0.4, 0.5) is 0 Å². The Labute approximate surface area is 99.4 Å². The quantitative estimate of drug-likeness (QED) is 0.795. The molecule has 2 fully saturated rings. The van der Waals surface area contributed by atoms with Crippen LogP contribution in [0.25, 0.3) is 10.9 Å². The number of hydrogen-bond donors (Lipinski definition) is 1. The average molecular weight is 226 g/mol. The fourth-order valence-electron chi connectivity index (χ4n) is 2.92. The van der Waals surface area contributed by atoms with E-state index in [1.807, 2.05) is 35.2 Å². The van der Waals surface area contributed by atoms with E-state index in [0.717, 1.165) is 41.5 Å². The van der Waals surface area contributed by atoms with Gasteiger partial charge in [-0.25, -0.2) is 0 Å². The first-order valence-electron chi connectivity index (χ1n) is 6.18. The van der Waals surface area contributed by atoms with Gasteiger partial charge in [-0.1, -0.05) is 18.2 Å². The number of hydrogen-bond acceptors (Lipinski definition) is 1. The highest BCUT2D eigenvalue weighted by Crippen LogP contribution is 2.45. The number of aromatic nitrogens is 1. The summed E-state index contributed by atoms with van der Waals surface area (Å²) in [6.07, 6.45) is 1.33. The fraction of sp³-hybridized carbons (Fsp3) is 0.357. The Morgan fingerprint density at radius 1 is 1.24 bits per heavy atom. The number of piperidine rings is 1. The third-order valence-corrected chi connectivity index (χ3v) is 4.03. The van der Waals surface area contributed by atoms with Gasteiger partial charge in [-0.15, -0.1) is 0 Å². The van der Waals surface area contributed by atoms with Crippen LogP contribution in [0.15, 0.2) is 30.3 Å². The first kappa shape index (κ1) is 9.28. The van der Waals surface area contributed by atoms with E-state index < -0.39 is 0 Å². The molecule has 1 aliphatic heterocycles. The second-order valence-corrected chi connectivity index (χ2v) is 5.24. The molecule has 1 N–H and O–H groups in total. The summed E-state index contributed by atoms with van der Waals surface area (Å²) in [4.78, 5) is 17.5. The Bertz CT molecular complexity index is 558. The number of carbonyl (C=O) groups excluding carboxylic acids is 1. The maximum atomic E-state index is 12.3. The molecule has 3 nitrogen and oxygen atoms in total. The predicted octanol–water partition coefficient (Wildman–Crippen LogP) is 2.26. The Kier molecular flexibility index (Phi) is 1.71. The fourth-order valence-corrected chi connectivity index (χ4v) is 2.92. The van der Waals surface area contributed by atoms with Crippen molar-refractivity contribution < 1.29 is 4.79 Å². The van der Waals surface area contributed by atoms with Gasteiger partial charge in [0.05, 0.1) is 0 Å². The first-order chi connectivity index (χ1) is 8.31. The molecule has 0 radical (unpaired) electrons. The molecule has 4 rings (SSSR count). The summed E-state index contributed by atoms with van der Waals surface area (Å²) in [7, 11) is 0. The van der Waals surface area contributed by atoms with E-state index >= 15 is 0 Å². The summed E-state index contributed by atoms with van der Waals surface area (Å²) < 4.78 is 0. The monoisotopic (exact) mass is 226 g/mol. The van der Waals surface area contributed by atoms with Crippen molar-refractivity contribution in [3.8, 4) is 0 Å². The molecule has 2 aromatic rings. The van der Waals surface area contributed by atoms with Gasteiger partial charge in [0.1, 0.15) is 5.69 Å². The lowest BCUT2D eigenvalue weighted by atomic mass is 10.2. The Hall–Kier alpha value is -1.77. The molecule has 1 aromatic heterocycles. The molecule has 2 atom stereocenters. The van der Waals surface area contributed by atoms with Gasteiger partial charge in [-0.05, 0) is 30.4 Å². The minimum atomic E-state index is 0.161. The summed E-state index contributed by atoms with van der Waals surface area (Å²) in [5.74, 6) is 1.75. The molecule has 0 bridgehead atoms. The van der Waals surface area contributed by atoms with Crippen molar-refractivity contribution in [1.82, 2.24) is 9.88 Å². The molecule has 3 heteroatoms. The van der Waals surface area contributed by atoms with Crippen molar-refractivity contribution in [1.29, 1.82) is 0 Å². The van der Waals surface area contributed by atoms with Crippen LogP contribution in [0.3, 0.4) is 0 Å². The van der Waals surface area contributed by atoms with Crippen molar-refractivity contribution in [2.75, 3.05) is 13.1 Å². The van der Waals surface area contributed by atoms with Crippen LogP contribution in [0.5, 0.6) is 0 Å². The zero-order valence-corrected chi connectivity index (χ0v) is 9.52. The van der Waals surface area contributed by atoms with Crippen LogP contribution in [-0.4, -0.2) is 28.9 Å². The number of rotatable bonds is 1. The predicted molar refractivity (Wildman–Crippen MR) is 65.8 cm³/mol. The van der Waals surface area contributed by atoms with Gasteiger partial charge in [-0.2, -0.15) is 0 Å². The largest absolute Gasteiger partial charge is 0.351 e. The molecule has 2 heterocycles. The van der Waals surface area contributed by atoms with Crippen molar-refractivity contribution >= 4 is 16.8 Å². The number of nitrogens with one attached hydrogen (secondary N) is 1. The average Bonchev–Trinajstić information content (AvgIpc) is 2.81. The van der Waals surface area contributed by atoms with Crippen LogP contribution in [0.1, 0.15) is 16.9 Å². The van der Waals surface area contributed by atoms with Crippen molar-refractivity contribution in [3.05, 3.63) is 36.0 Å². The van der Waals surface area contributed by atoms with Crippen molar-refractivity contribution in [2.45, 2.75) is 6.42 Å². The molecule has 1 amide bonds. The van der Waals surface area contributed by atoms with Crippen LogP contribution < -0.4 is 0 Å². The second kappa shape index (κ2) is 3.13. The number of aromatic amines is 1. The maximum Gasteiger partial charge on any atom is 0.270 e. The maximum absolute atomic E-state index is 12.3. The minimum Gasteiger partial charge on any atom is -0.351 e. The lowest BCUT2D eigenvalue weighted by Gasteiger charge is -2.16. The van der Waals surface area contributed by atoms with Crippen LogP contribution in [-0.2, 0) is 0 Å². The number of H-pyrrole nitrogens is 1. The first-order valence-corrected chi connectivity index (χ1v) is 6.18. The summed E-state index contributed by atoms with van der Waals surface area (Å²) in [6.45, 7) is 1.91. The van der Waals surface area contributed by atoms with Gasteiger partial charge in [0.2, 0.25) is 0 Å². The third kappa shape index (κ3) is 1.38. The molecule has 1 saturated carbocycles. The molecule has 0 spiro atoms. The van der Waals surface area contributed by atoms with E-state index in [0.29, 0.717) is 0 Å². The molecule has 1 saturated heterocycles.